The molecule has 1 aliphatic rings. The molecule has 0 aromatic carbocycles. The van der Waals surface area contributed by atoms with E-state index in [4.69, 9.17) is 0 Å². The first-order valence-electron chi connectivity index (χ1n) is 3.31. The third-order valence-electron chi connectivity index (χ3n) is 1.71. The van der Waals surface area contributed by atoms with Gasteiger partial charge in [-0.3, -0.25) is 0 Å². The molecule has 0 bridgehead atoms. The molecule has 2 nitrogen and oxygen atoms in total. The van der Waals surface area contributed by atoms with Crippen molar-refractivity contribution in [3.63, 3.8) is 0 Å². The van der Waals surface area contributed by atoms with Crippen molar-refractivity contribution in [3.8, 4) is 0 Å². The molecule has 1 saturated carbocycles. The summed E-state index contributed by atoms with van der Waals surface area (Å²) in [5, 5.41) is 3.60. The largest absolute Gasteiger partial charge is 3.00 e. The summed E-state index contributed by atoms with van der Waals surface area (Å²) >= 11 is 0. The minimum atomic E-state index is 0. The van der Waals surface area contributed by atoms with Gasteiger partial charge in [0.05, 0.1) is 0 Å². The van der Waals surface area contributed by atoms with E-state index in [1.54, 1.807) is 7.05 Å². The van der Waals surface area contributed by atoms with Crippen molar-refractivity contribution in [1.29, 1.82) is 0 Å². The van der Waals surface area contributed by atoms with Crippen molar-refractivity contribution in [2.75, 3.05) is 7.05 Å². The van der Waals surface area contributed by atoms with Gasteiger partial charge in [-0.15, -0.1) is 13.0 Å². The maximum atomic E-state index is 10.8. The molecule has 65 valence electrons. The summed E-state index contributed by atoms with van der Waals surface area (Å²) in [7, 11) is 1.56. The van der Waals surface area contributed by atoms with Gasteiger partial charge in [-0.2, -0.15) is 6.42 Å². The molecule has 1 aliphatic carbocycles. The van der Waals surface area contributed by atoms with Crippen LogP contribution in [0.1, 0.15) is 19.3 Å². The molecule has 1 unspecified atom stereocenters. The Morgan fingerprint density at radius 1 is 1.64 bits per heavy atom. The van der Waals surface area contributed by atoms with Gasteiger partial charge in [0.1, 0.15) is 0 Å². The SMILES string of the molecule is C[N-]C(=O)C1[CH-]CCC1.[CH3-].[Ru+3]. The van der Waals surface area contributed by atoms with Crippen LogP contribution in [0.2, 0.25) is 0 Å². The molecule has 1 atom stereocenters. The van der Waals surface area contributed by atoms with Gasteiger partial charge in [-0.25, -0.2) is 0 Å². The van der Waals surface area contributed by atoms with Crippen LogP contribution in [0.15, 0.2) is 0 Å². The second-order valence-corrected chi connectivity index (χ2v) is 2.33. The Balaban J connectivity index is 0. The maximum Gasteiger partial charge on any atom is 3.00 e. The Hall–Kier alpha value is 0.0934. The molecular weight excluding hydrogens is 227 g/mol. The quantitative estimate of drug-likeness (QED) is 0.510. The summed E-state index contributed by atoms with van der Waals surface area (Å²) in [6.45, 7) is 0. The van der Waals surface area contributed by atoms with Gasteiger partial charge in [0.15, 0.2) is 0 Å². The van der Waals surface area contributed by atoms with Gasteiger partial charge in [-0.1, -0.05) is 12.8 Å². The van der Waals surface area contributed by atoms with E-state index in [2.05, 4.69) is 11.7 Å². The van der Waals surface area contributed by atoms with E-state index < -0.39 is 0 Å². The maximum absolute atomic E-state index is 10.8. The monoisotopic (exact) mass is 242 g/mol. The molecule has 1 fully saturated rings. The average Bonchev–Trinajstić information content (AvgIpc) is 2.37. The summed E-state index contributed by atoms with van der Waals surface area (Å²) in [5.41, 5.74) is 0. The Morgan fingerprint density at radius 2 is 2.27 bits per heavy atom. The number of amides is 1. The predicted octanol–water partition coefficient (Wildman–Crippen LogP) is 1.97. The first-order chi connectivity index (χ1) is 4.34. The van der Waals surface area contributed by atoms with E-state index in [0.717, 1.165) is 19.3 Å². The van der Waals surface area contributed by atoms with E-state index in [-0.39, 0.29) is 38.7 Å². The van der Waals surface area contributed by atoms with Crippen LogP contribution >= 0.6 is 0 Å². The molecule has 0 saturated heterocycles. The Morgan fingerprint density at radius 3 is 2.64 bits per heavy atom. The zero-order valence-electron chi connectivity index (χ0n) is 6.99. The van der Waals surface area contributed by atoms with Crippen LogP contribution in [0.5, 0.6) is 0 Å². The van der Waals surface area contributed by atoms with Crippen molar-refractivity contribution >= 4 is 5.91 Å². The fourth-order valence-corrected chi connectivity index (χ4v) is 1.16. The van der Waals surface area contributed by atoms with Crippen LogP contribution in [-0.4, -0.2) is 13.0 Å². The molecule has 0 aromatic rings. The van der Waals surface area contributed by atoms with Crippen LogP contribution in [0.4, 0.5) is 0 Å². The summed E-state index contributed by atoms with van der Waals surface area (Å²) in [5.74, 6) is 0.197. The molecule has 11 heavy (non-hydrogen) atoms. The first kappa shape index (κ1) is 13.7. The minimum Gasteiger partial charge on any atom is -0.658 e. The number of hydrogen-bond acceptors (Lipinski definition) is 1. The van der Waals surface area contributed by atoms with E-state index in [1.165, 1.54) is 0 Å². The van der Waals surface area contributed by atoms with Gasteiger partial charge in [0.2, 0.25) is 0 Å². The van der Waals surface area contributed by atoms with Crippen molar-refractivity contribution in [1.82, 2.24) is 0 Å². The molecule has 3 heteroatoms. The third kappa shape index (κ3) is 3.86. The first-order valence-corrected chi connectivity index (χ1v) is 3.31. The summed E-state index contributed by atoms with van der Waals surface area (Å²) in [6.07, 6.45) is 5.32. The molecule has 0 aliphatic heterocycles. The topological polar surface area (TPSA) is 31.2 Å². The molecule has 0 heterocycles. The van der Waals surface area contributed by atoms with Crippen LogP contribution in [0.3, 0.4) is 0 Å². The van der Waals surface area contributed by atoms with Crippen LogP contribution in [0, 0.1) is 19.8 Å². The second kappa shape index (κ2) is 6.78. The zero-order chi connectivity index (χ0) is 6.69. The van der Waals surface area contributed by atoms with Crippen molar-refractivity contribution < 1.29 is 24.3 Å². The fraction of sp³-hybridized carbons (Fsp3) is 0.625. The molecule has 1 rings (SSSR count). The van der Waals surface area contributed by atoms with Gasteiger partial charge in [0.25, 0.3) is 0 Å². The van der Waals surface area contributed by atoms with Gasteiger partial charge in [0, 0.05) is 5.91 Å². The number of carbonyl (C=O) groups excluding carboxylic acids is 1. The van der Waals surface area contributed by atoms with Crippen LogP contribution < -0.4 is 0 Å². The minimum absolute atomic E-state index is 0. The molecule has 0 N–H and O–H groups in total. The fourth-order valence-electron chi connectivity index (χ4n) is 1.16. The van der Waals surface area contributed by atoms with Crippen molar-refractivity contribution in [2.24, 2.45) is 5.92 Å². The van der Waals surface area contributed by atoms with E-state index >= 15 is 0 Å². The summed E-state index contributed by atoms with van der Waals surface area (Å²) in [6, 6.07) is 0. The standard InChI is InChI=1S/C7H12NO.CH3.Ru/c1-8-7(9)6-4-2-3-5-6;;/h4,6H,2-3,5H2,1H3,(H,8,9);1H3;/q2*-1;+3/p-1. The van der Waals surface area contributed by atoms with Crippen LogP contribution in [-0.2, 0) is 24.3 Å². The van der Waals surface area contributed by atoms with Gasteiger partial charge >= 0.3 is 19.5 Å². The normalized spacial score (nSPS) is 21.4. The van der Waals surface area contributed by atoms with E-state index in [9.17, 15) is 4.79 Å². The Bertz CT molecular complexity index is 111. The number of hydrogen-bond donors (Lipinski definition) is 0. The predicted molar refractivity (Wildman–Crippen MR) is 42.3 cm³/mol. The number of carbonyl (C=O) groups is 1. The molecule has 1 radical (unpaired) electrons. The number of rotatable bonds is 1. The molecule has 0 aromatic heterocycles. The number of nitrogens with zero attached hydrogens (tertiary/aromatic N) is 1. The smallest absolute Gasteiger partial charge is 0.658 e. The van der Waals surface area contributed by atoms with E-state index in [0.29, 0.717) is 0 Å². The Kier molecular flexibility index (Phi) is 8.43. The van der Waals surface area contributed by atoms with Crippen LogP contribution in [0.25, 0.3) is 5.32 Å². The summed E-state index contributed by atoms with van der Waals surface area (Å²) < 4.78 is 0. The van der Waals surface area contributed by atoms with Gasteiger partial charge in [-0.05, 0) is 0 Å². The van der Waals surface area contributed by atoms with Gasteiger partial charge < -0.3 is 24.0 Å². The second-order valence-electron chi connectivity index (χ2n) is 2.33. The molecule has 1 amide bonds. The Labute approximate surface area is 81.9 Å². The average molecular weight is 241 g/mol. The third-order valence-corrected chi connectivity index (χ3v) is 1.71. The molecular formula is C8H14NORu. The van der Waals surface area contributed by atoms with Crippen molar-refractivity contribution in [2.45, 2.75) is 19.3 Å². The van der Waals surface area contributed by atoms with Crippen molar-refractivity contribution in [3.05, 3.63) is 19.2 Å². The zero-order valence-corrected chi connectivity index (χ0v) is 8.72. The van der Waals surface area contributed by atoms with E-state index in [1.807, 2.05) is 0 Å². The molecule has 0 spiro atoms. The summed E-state index contributed by atoms with van der Waals surface area (Å²) in [4.78, 5) is 10.8.